The largest absolute Gasteiger partial charge is 0.438 e. The Balaban J connectivity index is 1.62. The number of carbonyl (C=O) groups excluding carboxylic acids is 1. The summed E-state index contributed by atoms with van der Waals surface area (Å²) in [6.45, 7) is 5.12. The normalized spacial score (nSPS) is 31.5. The van der Waals surface area contributed by atoms with Crippen molar-refractivity contribution in [1.82, 2.24) is 15.2 Å². The SMILES string of the molecule is Cc1cnc(C(=O)N[C@H]2C[C@H]3CCN(C3)C2)o1. The predicted molar refractivity (Wildman–Crippen MR) is 61.7 cm³/mol. The number of hydrogen-bond acceptors (Lipinski definition) is 4. The van der Waals surface area contributed by atoms with Crippen LogP contribution in [-0.4, -0.2) is 41.5 Å². The van der Waals surface area contributed by atoms with Gasteiger partial charge in [0.05, 0.1) is 6.20 Å². The molecule has 3 atom stereocenters. The lowest BCUT2D eigenvalue weighted by Gasteiger charge is -2.30. The molecule has 5 heteroatoms. The molecule has 0 aliphatic carbocycles. The van der Waals surface area contributed by atoms with Crippen LogP contribution in [0.4, 0.5) is 0 Å². The van der Waals surface area contributed by atoms with Crippen LogP contribution in [0.25, 0.3) is 0 Å². The highest BCUT2D eigenvalue weighted by Gasteiger charge is 2.33. The van der Waals surface area contributed by atoms with Crippen molar-refractivity contribution in [2.75, 3.05) is 19.6 Å². The van der Waals surface area contributed by atoms with E-state index in [9.17, 15) is 4.79 Å². The fourth-order valence-electron chi connectivity index (χ4n) is 2.87. The second-order valence-corrected chi connectivity index (χ2v) is 5.10. The molecular weight excluding hydrogens is 218 g/mol. The number of piperidine rings is 1. The van der Waals surface area contributed by atoms with Crippen LogP contribution < -0.4 is 5.32 Å². The van der Waals surface area contributed by atoms with Gasteiger partial charge in [0.25, 0.3) is 5.89 Å². The van der Waals surface area contributed by atoms with Crippen molar-refractivity contribution in [2.45, 2.75) is 25.8 Å². The first-order valence-corrected chi connectivity index (χ1v) is 6.16. The Hall–Kier alpha value is -1.36. The molecule has 3 rings (SSSR count). The first-order valence-electron chi connectivity index (χ1n) is 6.16. The third-order valence-corrected chi connectivity index (χ3v) is 3.62. The number of fused-ring (bicyclic) bond motifs is 2. The van der Waals surface area contributed by atoms with E-state index in [1.165, 1.54) is 19.5 Å². The van der Waals surface area contributed by atoms with Crippen LogP contribution in [0.3, 0.4) is 0 Å². The number of hydrogen-bond donors (Lipinski definition) is 1. The number of oxazole rings is 1. The zero-order chi connectivity index (χ0) is 11.8. The maximum absolute atomic E-state index is 11.9. The summed E-state index contributed by atoms with van der Waals surface area (Å²) in [6.07, 6.45) is 3.93. The Bertz CT molecular complexity index is 417. The van der Waals surface area contributed by atoms with Crippen molar-refractivity contribution in [3.63, 3.8) is 0 Å². The summed E-state index contributed by atoms with van der Waals surface area (Å²) in [5.41, 5.74) is 0. The van der Waals surface area contributed by atoms with Crippen LogP contribution in [0.2, 0.25) is 0 Å². The minimum absolute atomic E-state index is 0.176. The topological polar surface area (TPSA) is 58.4 Å². The highest BCUT2D eigenvalue weighted by molar-refractivity contribution is 5.89. The van der Waals surface area contributed by atoms with E-state index in [0.717, 1.165) is 18.9 Å². The maximum Gasteiger partial charge on any atom is 0.307 e. The molecule has 5 nitrogen and oxygen atoms in total. The van der Waals surface area contributed by atoms with Gasteiger partial charge in [-0.15, -0.1) is 0 Å². The van der Waals surface area contributed by atoms with Gasteiger partial charge in [-0.25, -0.2) is 4.98 Å². The van der Waals surface area contributed by atoms with E-state index in [-0.39, 0.29) is 17.8 Å². The highest BCUT2D eigenvalue weighted by Crippen LogP contribution is 2.26. The predicted octanol–water partition coefficient (Wildman–Crippen LogP) is 0.807. The number of nitrogens with one attached hydrogen (secondary N) is 1. The average molecular weight is 235 g/mol. The van der Waals surface area contributed by atoms with Gasteiger partial charge in [0.1, 0.15) is 5.76 Å². The zero-order valence-electron chi connectivity index (χ0n) is 9.98. The monoisotopic (exact) mass is 235 g/mol. The molecule has 3 heterocycles. The van der Waals surface area contributed by atoms with Gasteiger partial charge in [0, 0.05) is 19.1 Å². The minimum Gasteiger partial charge on any atom is -0.438 e. The van der Waals surface area contributed by atoms with Gasteiger partial charge in [-0.2, -0.15) is 0 Å². The van der Waals surface area contributed by atoms with E-state index in [1.54, 1.807) is 13.1 Å². The van der Waals surface area contributed by atoms with Gasteiger partial charge in [-0.3, -0.25) is 4.79 Å². The number of aryl methyl sites for hydroxylation is 1. The number of rotatable bonds is 2. The van der Waals surface area contributed by atoms with Crippen molar-refractivity contribution >= 4 is 5.91 Å². The fourth-order valence-corrected chi connectivity index (χ4v) is 2.87. The zero-order valence-corrected chi connectivity index (χ0v) is 9.98. The summed E-state index contributed by atoms with van der Waals surface area (Å²) >= 11 is 0. The molecular formula is C12H17N3O2. The third-order valence-electron chi connectivity index (χ3n) is 3.62. The van der Waals surface area contributed by atoms with Crippen LogP contribution >= 0.6 is 0 Å². The summed E-state index contributed by atoms with van der Waals surface area (Å²) in [5, 5.41) is 3.01. The average Bonchev–Trinajstić information content (AvgIpc) is 2.85. The molecule has 2 bridgehead atoms. The Morgan fingerprint density at radius 2 is 2.47 bits per heavy atom. The van der Waals surface area contributed by atoms with Crippen molar-refractivity contribution in [2.24, 2.45) is 5.92 Å². The smallest absolute Gasteiger partial charge is 0.307 e. The first-order chi connectivity index (χ1) is 8.20. The van der Waals surface area contributed by atoms with Crippen molar-refractivity contribution < 1.29 is 9.21 Å². The standard InChI is InChI=1S/C12H17N3O2/c1-8-5-13-12(17-8)11(16)14-10-4-9-2-3-15(6-9)7-10/h5,9-10H,2-4,6-7H2,1H3,(H,14,16)/t9-,10+/m1/s1. The molecule has 2 aliphatic heterocycles. The summed E-state index contributed by atoms with van der Waals surface area (Å²) in [6, 6.07) is 0.246. The molecule has 17 heavy (non-hydrogen) atoms. The summed E-state index contributed by atoms with van der Waals surface area (Å²) in [4.78, 5) is 18.2. The van der Waals surface area contributed by atoms with Gasteiger partial charge in [0.2, 0.25) is 0 Å². The molecule has 1 amide bonds. The second-order valence-electron chi connectivity index (χ2n) is 5.10. The Labute approximate surface area is 100 Å². The van der Waals surface area contributed by atoms with Crippen molar-refractivity contribution in [3.05, 3.63) is 17.8 Å². The van der Waals surface area contributed by atoms with Crippen LogP contribution in [-0.2, 0) is 0 Å². The fraction of sp³-hybridized carbons (Fsp3) is 0.667. The van der Waals surface area contributed by atoms with E-state index < -0.39 is 0 Å². The van der Waals surface area contributed by atoms with E-state index >= 15 is 0 Å². The third kappa shape index (κ3) is 2.20. The first kappa shape index (κ1) is 10.8. The van der Waals surface area contributed by atoms with Gasteiger partial charge >= 0.3 is 5.91 Å². The van der Waals surface area contributed by atoms with Gasteiger partial charge < -0.3 is 14.6 Å². The minimum atomic E-state index is -0.189. The molecule has 0 saturated carbocycles. The van der Waals surface area contributed by atoms with Crippen LogP contribution in [0.1, 0.15) is 29.3 Å². The van der Waals surface area contributed by atoms with Crippen LogP contribution in [0.5, 0.6) is 0 Å². The van der Waals surface area contributed by atoms with E-state index in [2.05, 4.69) is 15.2 Å². The quantitative estimate of drug-likeness (QED) is 0.824. The van der Waals surface area contributed by atoms with E-state index in [1.807, 2.05) is 0 Å². The molecule has 1 N–H and O–H groups in total. The van der Waals surface area contributed by atoms with Crippen LogP contribution in [0.15, 0.2) is 10.6 Å². The number of nitrogens with zero attached hydrogens (tertiary/aromatic N) is 2. The molecule has 0 spiro atoms. The lowest BCUT2D eigenvalue weighted by molar-refractivity contribution is 0.0873. The summed E-state index contributed by atoms with van der Waals surface area (Å²) < 4.78 is 5.22. The van der Waals surface area contributed by atoms with E-state index in [4.69, 9.17) is 4.42 Å². The Morgan fingerprint density at radius 1 is 1.59 bits per heavy atom. The lowest BCUT2D eigenvalue weighted by atomic mass is 9.97. The lowest BCUT2D eigenvalue weighted by Crippen LogP contribution is -2.47. The molecule has 1 unspecified atom stereocenters. The Kier molecular flexibility index (Phi) is 2.63. The molecule has 92 valence electrons. The summed E-state index contributed by atoms with van der Waals surface area (Å²) in [7, 11) is 0. The van der Waals surface area contributed by atoms with Crippen molar-refractivity contribution in [3.8, 4) is 0 Å². The molecule has 1 aromatic rings. The van der Waals surface area contributed by atoms with Crippen molar-refractivity contribution in [1.29, 1.82) is 0 Å². The Morgan fingerprint density at radius 3 is 3.18 bits per heavy atom. The number of amides is 1. The van der Waals surface area contributed by atoms with Crippen LogP contribution in [0, 0.1) is 12.8 Å². The van der Waals surface area contributed by atoms with Gasteiger partial charge in [0.15, 0.2) is 0 Å². The molecule has 0 aromatic carbocycles. The molecule has 1 aromatic heterocycles. The molecule has 2 fully saturated rings. The second kappa shape index (κ2) is 4.14. The maximum atomic E-state index is 11.9. The number of carbonyl (C=O) groups is 1. The highest BCUT2D eigenvalue weighted by atomic mass is 16.4. The molecule has 2 saturated heterocycles. The summed E-state index contributed by atoms with van der Waals surface area (Å²) in [5.74, 6) is 1.41. The molecule has 0 radical (unpaired) electrons. The molecule has 2 aliphatic rings. The number of aromatic nitrogens is 1. The van der Waals surface area contributed by atoms with E-state index in [0.29, 0.717) is 5.76 Å². The van der Waals surface area contributed by atoms with Gasteiger partial charge in [-0.05, 0) is 32.2 Å². The van der Waals surface area contributed by atoms with Gasteiger partial charge in [-0.1, -0.05) is 0 Å².